The third kappa shape index (κ3) is 4.80. The molecule has 10 rings (SSSR count). The molecule has 5 nitrogen and oxygen atoms in total. The molecule has 0 atom stereocenters. The SMILES string of the molecule is Cc1cccc(C)c1-c1cc2c3ccc(Oc4[c-]c5c(cc4)c4ccccc4n4ccnc54)[c-]c3c3nccn3c2cc1-c1c(C)cccc1C.[Pt+2]. The van der Waals surface area contributed by atoms with Gasteiger partial charge in [-0.15, -0.1) is 12.1 Å². The fraction of sp³-hybridized carbons (Fsp3) is 0.0870. The van der Waals surface area contributed by atoms with Gasteiger partial charge in [-0.05, 0) is 95.1 Å². The number of nitrogens with zero attached hydrogens (tertiary/aromatic N) is 4. The van der Waals surface area contributed by atoms with Crippen LogP contribution in [0.1, 0.15) is 22.3 Å². The van der Waals surface area contributed by atoms with Gasteiger partial charge in [0.15, 0.2) is 0 Å². The molecule has 6 heteroatoms. The van der Waals surface area contributed by atoms with Crippen LogP contribution in [0.4, 0.5) is 0 Å². The monoisotopic (exact) mass is 851 g/mol. The van der Waals surface area contributed by atoms with Crippen LogP contribution in [0, 0.1) is 39.8 Å². The molecule has 4 heterocycles. The Hall–Kier alpha value is -5.77. The normalized spacial score (nSPS) is 11.7. The number of pyridine rings is 2. The molecular weight excluding hydrogens is 820 g/mol. The Morgan fingerprint density at radius 2 is 1.00 bits per heavy atom. The molecule has 0 saturated heterocycles. The van der Waals surface area contributed by atoms with Crippen LogP contribution in [0.15, 0.2) is 122 Å². The van der Waals surface area contributed by atoms with Gasteiger partial charge in [-0.3, -0.25) is 9.97 Å². The first kappa shape index (κ1) is 32.2. The van der Waals surface area contributed by atoms with Crippen molar-refractivity contribution in [3.8, 4) is 33.8 Å². The number of para-hydroxylation sites is 1. The van der Waals surface area contributed by atoms with Crippen molar-refractivity contribution >= 4 is 54.6 Å². The number of aryl methyl sites for hydroxylation is 4. The predicted octanol–water partition coefficient (Wildman–Crippen LogP) is 11.6. The third-order valence-corrected chi connectivity index (χ3v) is 10.4. The van der Waals surface area contributed by atoms with Gasteiger partial charge < -0.3 is 13.5 Å². The number of hydrogen-bond acceptors (Lipinski definition) is 3. The molecule has 4 aromatic heterocycles. The molecule has 52 heavy (non-hydrogen) atoms. The zero-order valence-corrected chi connectivity index (χ0v) is 31.3. The Labute approximate surface area is 315 Å². The van der Waals surface area contributed by atoms with Crippen molar-refractivity contribution in [3.05, 3.63) is 156 Å². The summed E-state index contributed by atoms with van der Waals surface area (Å²) in [4.78, 5) is 9.52. The maximum Gasteiger partial charge on any atom is 2.00 e. The predicted molar refractivity (Wildman–Crippen MR) is 208 cm³/mol. The van der Waals surface area contributed by atoms with E-state index in [9.17, 15) is 0 Å². The quantitative estimate of drug-likeness (QED) is 0.131. The van der Waals surface area contributed by atoms with E-state index >= 15 is 0 Å². The molecule has 252 valence electrons. The van der Waals surface area contributed by atoms with Crippen molar-refractivity contribution in [2.45, 2.75) is 27.7 Å². The summed E-state index contributed by atoms with van der Waals surface area (Å²) in [6, 6.07) is 41.6. The van der Waals surface area contributed by atoms with Gasteiger partial charge in [0.2, 0.25) is 0 Å². The molecular formula is C46H32N4OPt. The van der Waals surface area contributed by atoms with Crippen molar-refractivity contribution in [3.63, 3.8) is 0 Å². The summed E-state index contributed by atoms with van der Waals surface area (Å²) < 4.78 is 10.8. The Kier molecular flexibility index (Phi) is 7.53. The molecule has 10 aromatic rings. The summed E-state index contributed by atoms with van der Waals surface area (Å²) >= 11 is 0. The number of rotatable bonds is 4. The Morgan fingerprint density at radius 1 is 0.500 bits per heavy atom. The molecule has 0 aliphatic rings. The summed E-state index contributed by atoms with van der Waals surface area (Å²) in [6.45, 7) is 8.83. The van der Waals surface area contributed by atoms with Crippen molar-refractivity contribution in [2.24, 2.45) is 0 Å². The molecule has 0 saturated carbocycles. The fourth-order valence-corrected chi connectivity index (χ4v) is 8.16. The number of imidazole rings is 2. The largest absolute Gasteiger partial charge is 2.00 e. The molecule has 0 amide bonds. The minimum atomic E-state index is 0. The van der Waals surface area contributed by atoms with E-state index in [1.807, 2.05) is 36.9 Å². The average molecular weight is 852 g/mol. The van der Waals surface area contributed by atoms with Crippen LogP contribution in [-0.2, 0) is 21.1 Å². The van der Waals surface area contributed by atoms with Gasteiger partial charge in [0.1, 0.15) is 0 Å². The van der Waals surface area contributed by atoms with Gasteiger partial charge in [-0.25, -0.2) is 0 Å². The van der Waals surface area contributed by atoms with E-state index in [4.69, 9.17) is 9.72 Å². The Bertz CT molecular complexity index is 3020. The summed E-state index contributed by atoms with van der Waals surface area (Å²) in [5.74, 6) is 1.21. The Balaban J connectivity index is 0.00000360. The Morgan fingerprint density at radius 3 is 1.58 bits per heavy atom. The zero-order valence-electron chi connectivity index (χ0n) is 29.1. The van der Waals surface area contributed by atoms with Gasteiger partial charge in [0.25, 0.3) is 0 Å². The first-order chi connectivity index (χ1) is 24.9. The molecule has 0 bridgehead atoms. The third-order valence-electron chi connectivity index (χ3n) is 10.4. The van der Waals surface area contributed by atoms with Crippen LogP contribution in [0.25, 0.3) is 76.9 Å². The van der Waals surface area contributed by atoms with Gasteiger partial charge in [-0.2, -0.15) is 0 Å². The van der Waals surface area contributed by atoms with Crippen molar-refractivity contribution in [1.82, 2.24) is 18.8 Å². The van der Waals surface area contributed by atoms with E-state index in [0.29, 0.717) is 11.5 Å². The van der Waals surface area contributed by atoms with Gasteiger partial charge in [-0.1, -0.05) is 106 Å². The molecule has 0 spiro atoms. The van der Waals surface area contributed by atoms with E-state index < -0.39 is 0 Å². The summed E-state index contributed by atoms with van der Waals surface area (Å²) in [6.07, 6.45) is 7.73. The molecule has 6 aromatic carbocycles. The first-order valence-electron chi connectivity index (χ1n) is 17.2. The molecule has 0 radical (unpaired) electrons. The van der Waals surface area contributed by atoms with Crippen molar-refractivity contribution in [2.75, 3.05) is 0 Å². The average Bonchev–Trinajstić information content (AvgIpc) is 3.84. The smallest absolute Gasteiger partial charge is 0.497 e. The van der Waals surface area contributed by atoms with E-state index in [2.05, 4.69) is 139 Å². The minimum Gasteiger partial charge on any atom is -0.497 e. The number of ether oxygens (including phenoxy) is 1. The van der Waals surface area contributed by atoms with E-state index in [1.54, 1.807) is 0 Å². The first-order valence-corrected chi connectivity index (χ1v) is 17.2. The summed E-state index contributed by atoms with van der Waals surface area (Å²) in [5, 5.41) is 6.26. The number of hydrogen-bond donors (Lipinski definition) is 0. The van der Waals surface area contributed by atoms with Crippen molar-refractivity contribution in [1.29, 1.82) is 0 Å². The van der Waals surface area contributed by atoms with Gasteiger partial charge in [0, 0.05) is 47.3 Å². The number of benzene rings is 6. The zero-order chi connectivity index (χ0) is 34.4. The van der Waals surface area contributed by atoms with Crippen LogP contribution >= 0.6 is 0 Å². The molecule has 0 N–H and O–H groups in total. The van der Waals surface area contributed by atoms with Crippen LogP contribution in [-0.4, -0.2) is 18.8 Å². The molecule has 0 aliphatic heterocycles. The molecule has 0 fully saturated rings. The van der Waals surface area contributed by atoms with E-state index in [1.165, 1.54) is 44.5 Å². The topological polar surface area (TPSA) is 43.8 Å². The van der Waals surface area contributed by atoms with Crippen LogP contribution < -0.4 is 4.74 Å². The number of aromatic nitrogens is 4. The van der Waals surface area contributed by atoms with E-state index in [-0.39, 0.29) is 21.1 Å². The second-order valence-corrected chi connectivity index (χ2v) is 13.5. The maximum atomic E-state index is 6.51. The maximum absolute atomic E-state index is 6.51. The van der Waals surface area contributed by atoms with Gasteiger partial charge >= 0.3 is 21.1 Å². The fourth-order valence-electron chi connectivity index (χ4n) is 8.16. The second kappa shape index (κ2) is 12.2. The molecule has 0 aliphatic carbocycles. The summed E-state index contributed by atoms with van der Waals surface area (Å²) in [5.41, 5.74) is 13.9. The van der Waals surface area contributed by atoms with Crippen LogP contribution in [0.2, 0.25) is 0 Å². The van der Waals surface area contributed by atoms with Crippen molar-refractivity contribution < 1.29 is 25.8 Å². The minimum absolute atomic E-state index is 0. The van der Waals surface area contributed by atoms with Crippen LogP contribution in [0.5, 0.6) is 11.5 Å². The van der Waals surface area contributed by atoms with Crippen LogP contribution in [0.3, 0.4) is 0 Å². The number of fused-ring (bicyclic) bond motifs is 12. The van der Waals surface area contributed by atoms with E-state index in [0.717, 1.165) is 54.6 Å². The second-order valence-electron chi connectivity index (χ2n) is 13.5. The molecule has 0 unspecified atom stereocenters. The standard InChI is InChI=1S/C46H32N4O.Pt/c1-27-9-7-10-28(2)43(27)37-25-36-34-18-16-32(51-31-15-17-33-35-13-5-6-14-41(35)49-21-19-47-45(49)39(33)23-31)24-40(34)46-48-20-22-50(46)42(36)26-38(37)44-29(3)11-8-12-30(44)4;/h5-22,25-26H,1-4H3;/q-2;+2. The van der Waals surface area contributed by atoms with Gasteiger partial charge in [0.05, 0.1) is 11.3 Å². The summed E-state index contributed by atoms with van der Waals surface area (Å²) in [7, 11) is 0.